The van der Waals surface area contributed by atoms with E-state index in [-0.39, 0.29) is 5.91 Å². The van der Waals surface area contributed by atoms with Crippen LogP contribution in [0.5, 0.6) is 0 Å². The second kappa shape index (κ2) is 6.24. The molecule has 0 aliphatic rings. The molecule has 0 atom stereocenters. The van der Waals surface area contributed by atoms with Gasteiger partial charge in [-0.3, -0.25) is 4.79 Å². The van der Waals surface area contributed by atoms with Gasteiger partial charge in [0.1, 0.15) is 0 Å². The summed E-state index contributed by atoms with van der Waals surface area (Å²) in [6, 6.07) is 11.1. The van der Waals surface area contributed by atoms with Crippen molar-refractivity contribution >= 4 is 29.0 Å². The topological polar surface area (TPSA) is 68.0 Å². The van der Waals surface area contributed by atoms with Crippen LogP contribution in [0.1, 0.15) is 5.56 Å². The lowest BCUT2D eigenvalue weighted by Crippen LogP contribution is -2.14. The number of nitrogens with two attached hydrogens (primary N) is 1. The molecule has 0 radical (unpaired) electrons. The number of carbonyl (C=O) groups excluding carboxylic acids is 1. The van der Waals surface area contributed by atoms with Crippen LogP contribution in [0.25, 0.3) is 0 Å². The predicted molar refractivity (Wildman–Crippen MR) is 79.2 cm³/mol. The van der Waals surface area contributed by atoms with Crippen molar-refractivity contribution in [1.82, 2.24) is 4.98 Å². The molecule has 0 unspecified atom stereocenters. The summed E-state index contributed by atoms with van der Waals surface area (Å²) >= 11 is 1.40. The first kappa shape index (κ1) is 13.4. The van der Waals surface area contributed by atoms with E-state index in [1.165, 1.54) is 11.8 Å². The standard InChI is InChI=1S/C14H15N3OS/c1-10-5-6-11(8-12(10)15)17-13(18)9-19-14-4-2-3-7-16-14/h2-8H,9,15H2,1H3,(H,17,18). The Bertz CT molecular complexity index is 572. The lowest BCUT2D eigenvalue weighted by atomic mass is 10.2. The maximum Gasteiger partial charge on any atom is 0.234 e. The fourth-order valence-corrected chi connectivity index (χ4v) is 2.15. The highest BCUT2D eigenvalue weighted by Crippen LogP contribution is 2.18. The maximum atomic E-state index is 11.8. The van der Waals surface area contributed by atoms with E-state index < -0.39 is 0 Å². The number of benzene rings is 1. The van der Waals surface area contributed by atoms with Gasteiger partial charge in [-0.25, -0.2) is 4.98 Å². The van der Waals surface area contributed by atoms with Crippen LogP contribution in [0.15, 0.2) is 47.6 Å². The highest BCUT2D eigenvalue weighted by Gasteiger charge is 2.05. The molecule has 1 amide bonds. The molecule has 0 saturated carbocycles. The highest BCUT2D eigenvalue weighted by molar-refractivity contribution is 7.99. The van der Waals surface area contributed by atoms with Gasteiger partial charge in [0.05, 0.1) is 10.8 Å². The van der Waals surface area contributed by atoms with E-state index in [0.717, 1.165) is 16.3 Å². The lowest BCUT2D eigenvalue weighted by molar-refractivity contribution is -0.113. The van der Waals surface area contributed by atoms with Crippen molar-refractivity contribution in [2.75, 3.05) is 16.8 Å². The highest BCUT2D eigenvalue weighted by atomic mass is 32.2. The number of hydrogen-bond donors (Lipinski definition) is 2. The zero-order valence-electron chi connectivity index (χ0n) is 10.6. The Morgan fingerprint density at radius 3 is 2.89 bits per heavy atom. The molecule has 0 saturated heterocycles. The molecule has 0 fully saturated rings. The van der Waals surface area contributed by atoms with Gasteiger partial charge in [0.2, 0.25) is 5.91 Å². The number of nitrogens with zero attached hydrogens (tertiary/aromatic N) is 1. The van der Waals surface area contributed by atoms with Gasteiger partial charge < -0.3 is 11.1 Å². The first-order valence-electron chi connectivity index (χ1n) is 5.85. The van der Waals surface area contributed by atoms with Crippen molar-refractivity contribution in [2.24, 2.45) is 0 Å². The van der Waals surface area contributed by atoms with E-state index in [0.29, 0.717) is 11.4 Å². The Labute approximate surface area is 116 Å². The minimum atomic E-state index is -0.0705. The van der Waals surface area contributed by atoms with Crippen LogP contribution in [-0.2, 0) is 4.79 Å². The van der Waals surface area contributed by atoms with Crippen LogP contribution in [0.2, 0.25) is 0 Å². The Kier molecular flexibility index (Phi) is 4.41. The number of aromatic nitrogens is 1. The average molecular weight is 273 g/mol. The summed E-state index contributed by atoms with van der Waals surface area (Å²) in [6.07, 6.45) is 1.71. The molecule has 3 N–H and O–H groups in total. The monoisotopic (exact) mass is 273 g/mol. The van der Waals surface area contributed by atoms with Gasteiger partial charge in [0.25, 0.3) is 0 Å². The number of carbonyl (C=O) groups is 1. The molecule has 5 heteroatoms. The predicted octanol–water partition coefficient (Wildman–Crippen LogP) is 2.70. The molecule has 19 heavy (non-hydrogen) atoms. The van der Waals surface area contributed by atoms with Crippen molar-refractivity contribution in [1.29, 1.82) is 0 Å². The third-order valence-electron chi connectivity index (χ3n) is 2.55. The Balaban J connectivity index is 1.89. The molecule has 1 aromatic heterocycles. The summed E-state index contributed by atoms with van der Waals surface area (Å²) < 4.78 is 0. The first-order chi connectivity index (χ1) is 9.15. The van der Waals surface area contributed by atoms with Gasteiger partial charge in [-0.15, -0.1) is 0 Å². The summed E-state index contributed by atoms with van der Waals surface area (Å²) in [5.74, 6) is 0.254. The number of rotatable bonds is 4. The molecule has 98 valence electrons. The van der Waals surface area contributed by atoms with Gasteiger partial charge in [0, 0.05) is 17.6 Å². The van der Waals surface area contributed by atoms with Crippen LogP contribution in [0.3, 0.4) is 0 Å². The molecule has 0 aliphatic carbocycles. The van der Waals surface area contributed by atoms with E-state index in [1.807, 2.05) is 37.3 Å². The third-order valence-corrected chi connectivity index (χ3v) is 3.50. The number of hydrogen-bond acceptors (Lipinski definition) is 4. The SMILES string of the molecule is Cc1ccc(NC(=O)CSc2ccccn2)cc1N. The second-order valence-corrected chi connectivity index (χ2v) is 5.07. The minimum absolute atomic E-state index is 0.0705. The number of nitrogen functional groups attached to an aromatic ring is 1. The molecule has 2 rings (SSSR count). The summed E-state index contributed by atoms with van der Waals surface area (Å²) in [4.78, 5) is 15.9. The number of thioether (sulfide) groups is 1. The van der Waals surface area contributed by atoms with Crippen LogP contribution < -0.4 is 11.1 Å². The van der Waals surface area contributed by atoms with Gasteiger partial charge in [-0.1, -0.05) is 23.9 Å². The number of aryl methyl sites for hydroxylation is 1. The molecule has 1 heterocycles. The van der Waals surface area contributed by atoms with Crippen molar-refractivity contribution in [2.45, 2.75) is 11.9 Å². The van der Waals surface area contributed by atoms with E-state index in [9.17, 15) is 4.79 Å². The molecule has 1 aromatic carbocycles. The van der Waals surface area contributed by atoms with Crippen molar-refractivity contribution in [3.63, 3.8) is 0 Å². The number of amides is 1. The van der Waals surface area contributed by atoms with Crippen molar-refractivity contribution < 1.29 is 4.79 Å². The molecular weight excluding hydrogens is 258 g/mol. The zero-order chi connectivity index (χ0) is 13.7. The maximum absolute atomic E-state index is 11.8. The van der Waals surface area contributed by atoms with Crippen molar-refractivity contribution in [3.05, 3.63) is 48.2 Å². The third kappa shape index (κ3) is 3.99. The number of nitrogens with one attached hydrogen (secondary N) is 1. The molecule has 0 spiro atoms. The normalized spacial score (nSPS) is 10.2. The molecule has 0 bridgehead atoms. The largest absolute Gasteiger partial charge is 0.398 e. The molecule has 0 aliphatic heterocycles. The van der Waals surface area contributed by atoms with Gasteiger partial charge in [-0.05, 0) is 36.8 Å². The summed E-state index contributed by atoms with van der Waals surface area (Å²) in [5, 5.41) is 3.65. The smallest absolute Gasteiger partial charge is 0.234 e. The van der Waals surface area contributed by atoms with Crippen LogP contribution >= 0.6 is 11.8 Å². The lowest BCUT2D eigenvalue weighted by Gasteiger charge is -2.07. The van der Waals surface area contributed by atoms with Crippen LogP contribution in [0.4, 0.5) is 11.4 Å². The quantitative estimate of drug-likeness (QED) is 0.664. The van der Waals surface area contributed by atoms with Gasteiger partial charge in [0.15, 0.2) is 0 Å². The van der Waals surface area contributed by atoms with E-state index in [1.54, 1.807) is 12.3 Å². The first-order valence-corrected chi connectivity index (χ1v) is 6.83. The van der Waals surface area contributed by atoms with Crippen LogP contribution in [-0.4, -0.2) is 16.6 Å². The Morgan fingerprint density at radius 1 is 1.37 bits per heavy atom. The molecular formula is C14H15N3OS. The Morgan fingerprint density at radius 2 is 2.21 bits per heavy atom. The molecule has 4 nitrogen and oxygen atoms in total. The van der Waals surface area contributed by atoms with E-state index in [2.05, 4.69) is 10.3 Å². The summed E-state index contributed by atoms with van der Waals surface area (Å²) in [6.45, 7) is 1.93. The zero-order valence-corrected chi connectivity index (χ0v) is 11.4. The average Bonchev–Trinajstić information content (AvgIpc) is 2.42. The number of pyridine rings is 1. The Hall–Kier alpha value is -2.01. The fourth-order valence-electron chi connectivity index (χ4n) is 1.49. The van der Waals surface area contributed by atoms with Gasteiger partial charge >= 0.3 is 0 Å². The second-order valence-electron chi connectivity index (χ2n) is 4.08. The molecule has 2 aromatic rings. The van der Waals surface area contributed by atoms with E-state index in [4.69, 9.17) is 5.73 Å². The number of anilines is 2. The van der Waals surface area contributed by atoms with Crippen LogP contribution in [0, 0.1) is 6.92 Å². The fraction of sp³-hybridized carbons (Fsp3) is 0.143. The van der Waals surface area contributed by atoms with Gasteiger partial charge in [-0.2, -0.15) is 0 Å². The van der Waals surface area contributed by atoms with E-state index >= 15 is 0 Å². The minimum Gasteiger partial charge on any atom is -0.398 e. The summed E-state index contributed by atoms with van der Waals surface area (Å²) in [5.41, 5.74) is 8.19. The van der Waals surface area contributed by atoms with Crippen molar-refractivity contribution in [3.8, 4) is 0 Å². The summed E-state index contributed by atoms with van der Waals surface area (Å²) in [7, 11) is 0.